The van der Waals surface area contributed by atoms with Crippen LogP contribution in [-0.2, 0) is 6.42 Å². The number of hydrogen-bond acceptors (Lipinski definition) is 1. The highest BCUT2D eigenvalue weighted by atomic mass is 14.7. The predicted octanol–water partition coefficient (Wildman–Crippen LogP) is 2.63. The minimum absolute atomic E-state index is 1.01. The van der Waals surface area contributed by atoms with Gasteiger partial charge in [-0.15, -0.1) is 0 Å². The highest BCUT2D eigenvalue weighted by Gasteiger charge is 2.20. The Morgan fingerprint density at radius 3 is 3.00 bits per heavy atom. The zero-order valence-electron chi connectivity index (χ0n) is 7.24. The third kappa shape index (κ3) is 2.33. The lowest BCUT2D eigenvalue weighted by Gasteiger charge is -1.97. The molecule has 1 nitrogen and oxygen atoms in total. The highest BCUT2D eigenvalue weighted by Crippen LogP contribution is 2.33. The minimum atomic E-state index is 1.01. The summed E-state index contributed by atoms with van der Waals surface area (Å²) in [7, 11) is 0. The second kappa shape index (κ2) is 3.70. The molecule has 1 heteroatoms. The van der Waals surface area contributed by atoms with Crippen LogP contribution in [0.5, 0.6) is 0 Å². The van der Waals surface area contributed by atoms with Gasteiger partial charge >= 0.3 is 0 Å². The smallest absolute Gasteiger partial charge is 0.0406 e. The second-order valence-electron chi connectivity index (χ2n) is 3.49. The molecule has 1 saturated carbocycles. The molecule has 1 heterocycles. The Morgan fingerprint density at radius 1 is 1.42 bits per heavy atom. The van der Waals surface area contributed by atoms with Gasteiger partial charge in [0.1, 0.15) is 0 Å². The highest BCUT2D eigenvalue weighted by molar-refractivity contribution is 5.06. The van der Waals surface area contributed by atoms with Crippen LogP contribution in [0.1, 0.15) is 25.0 Å². The first kappa shape index (κ1) is 7.78. The van der Waals surface area contributed by atoms with Crippen molar-refractivity contribution in [3.05, 3.63) is 36.5 Å². The maximum Gasteiger partial charge on any atom is 0.0406 e. The van der Waals surface area contributed by atoms with Crippen LogP contribution in [0.4, 0.5) is 0 Å². The Kier molecular flexibility index (Phi) is 2.40. The second-order valence-corrected chi connectivity index (χ2v) is 3.49. The van der Waals surface area contributed by atoms with Crippen LogP contribution in [0.15, 0.2) is 24.4 Å². The van der Waals surface area contributed by atoms with E-state index in [4.69, 9.17) is 0 Å². The van der Waals surface area contributed by atoms with Crippen LogP contribution in [-0.4, -0.2) is 4.98 Å². The van der Waals surface area contributed by atoms with Gasteiger partial charge in [0, 0.05) is 11.9 Å². The van der Waals surface area contributed by atoms with Crippen molar-refractivity contribution in [3.63, 3.8) is 0 Å². The standard InChI is InChI=1S/C11H14N/c1-2-9-12-11(5-1)6-3-4-10-7-8-10/h1-3,5,9-10H,4,6-8H2. The van der Waals surface area contributed by atoms with Crippen molar-refractivity contribution in [3.8, 4) is 0 Å². The third-order valence-electron chi connectivity index (χ3n) is 2.28. The fourth-order valence-corrected chi connectivity index (χ4v) is 1.34. The first-order valence-electron chi connectivity index (χ1n) is 4.67. The van der Waals surface area contributed by atoms with E-state index in [1.54, 1.807) is 0 Å². The van der Waals surface area contributed by atoms with Gasteiger partial charge in [-0.25, -0.2) is 0 Å². The average molecular weight is 160 g/mol. The largest absolute Gasteiger partial charge is 0.261 e. The molecule has 63 valence electrons. The molecule has 1 aliphatic carbocycles. The van der Waals surface area contributed by atoms with Gasteiger partial charge in [0.25, 0.3) is 0 Å². The van der Waals surface area contributed by atoms with Gasteiger partial charge < -0.3 is 0 Å². The van der Waals surface area contributed by atoms with Crippen LogP contribution in [0, 0.1) is 12.3 Å². The molecule has 1 fully saturated rings. The topological polar surface area (TPSA) is 12.9 Å². The molecule has 0 saturated heterocycles. The molecule has 0 N–H and O–H groups in total. The van der Waals surface area contributed by atoms with E-state index < -0.39 is 0 Å². The Bertz CT molecular complexity index is 226. The van der Waals surface area contributed by atoms with Crippen LogP contribution >= 0.6 is 0 Å². The van der Waals surface area contributed by atoms with E-state index in [1.807, 2.05) is 18.3 Å². The number of hydrogen-bond donors (Lipinski definition) is 0. The molecule has 0 aliphatic heterocycles. The van der Waals surface area contributed by atoms with Crippen molar-refractivity contribution in [2.24, 2.45) is 5.92 Å². The van der Waals surface area contributed by atoms with E-state index >= 15 is 0 Å². The van der Waals surface area contributed by atoms with Gasteiger partial charge in [-0.2, -0.15) is 0 Å². The Balaban J connectivity index is 1.72. The third-order valence-corrected chi connectivity index (χ3v) is 2.28. The molecule has 0 unspecified atom stereocenters. The summed E-state index contributed by atoms with van der Waals surface area (Å²) in [5.74, 6) is 1.01. The lowest BCUT2D eigenvalue weighted by molar-refractivity contribution is 0.784. The maximum absolute atomic E-state index is 4.26. The van der Waals surface area contributed by atoms with Crippen molar-refractivity contribution in [2.45, 2.75) is 25.7 Å². The fraction of sp³-hybridized carbons (Fsp3) is 0.455. The molecule has 12 heavy (non-hydrogen) atoms. The molecular weight excluding hydrogens is 146 g/mol. The molecule has 0 spiro atoms. The van der Waals surface area contributed by atoms with Crippen molar-refractivity contribution >= 4 is 0 Å². The van der Waals surface area contributed by atoms with E-state index in [1.165, 1.54) is 25.0 Å². The van der Waals surface area contributed by atoms with Gasteiger partial charge in [0.15, 0.2) is 0 Å². The number of aromatic nitrogens is 1. The molecule has 1 aromatic rings. The van der Waals surface area contributed by atoms with Crippen molar-refractivity contribution in [1.29, 1.82) is 0 Å². The molecule has 0 bridgehead atoms. The average Bonchev–Trinajstić information content (AvgIpc) is 2.90. The number of rotatable bonds is 4. The summed E-state index contributed by atoms with van der Waals surface area (Å²) in [5, 5.41) is 0. The fourth-order valence-electron chi connectivity index (χ4n) is 1.34. The van der Waals surface area contributed by atoms with E-state index in [-0.39, 0.29) is 0 Å². The van der Waals surface area contributed by atoms with Crippen LogP contribution in [0.25, 0.3) is 0 Å². The summed E-state index contributed by atoms with van der Waals surface area (Å²) < 4.78 is 0. The zero-order valence-corrected chi connectivity index (χ0v) is 7.24. The molecule has 1 aliphatic rings. The normalized spacial score (nSPS) is 16.3. The molecule has 1 radical (unpaired) electrons. The van der Waals surface area contributed by atoms with Crippen LogP contribution in [0.2, 0.25) is 0 Å². The summed E-state index contributed by atoms with van der Waals surface area (Å²) in [6.45, 7) is 0. The van der Waals surface area contributed by atoms with Gasteiger partial charge in [0.2, 0.25) is 0 Å². The van der Waals surface area contributed by atoms with Crippen LogP contribution < -0.4 is 0 Å². The van der Waals surface area contributed by atoms with Gasteiger partial charge in [0.05, 0.1) is 0 Å². The van der Waals surface area contributed by atoms with E-state index in [0.717, 1.165) is 12.3 Å². The predicted molar refractivity (Wildman–Crippen MR) is 49.6 cm³/mol. The molecular formula is C11H14N. The van der Waals surface area contributed by atoms with E-state index in [2.05, 4.69) is 17.5 Å². The Morgan fingerprint density at radius 2 is 2.33 bits per heavy atom. The van der Waals surface area contributed by atoms with Gasteiger partial charge in [-0.3, -0.25) is 4.98 Å². The lowest BCUT2D eigenvalue weighted by Crippen LogP contribution is -1.90. The van der Waals surface area contributed by atoms with Crippen molar-refractivity contribution in [1.82, 2.24) is 4.98 Å². The summed E-state index contributed by atoms with van der Waals surface area (Å²) in [4.78, 5) is 4.26. The molecule has 2 rings (SSSR count). The summed E-state index contributed by atoms with van der Waals surface area (Å²) >= 11 is 0. The van der Waals surface area contributed by atoms with Crippen LogP contribution in [0.3, 0.4) is 0 Å². The minimum Gasteiger partial charge on any atom is -0.261 e. The number of nitrogens with zero attached hydrogens (tertiary/aromatic N) is 1. The van der Waals surface area contributed by atoms with Crippen molar-refractivity contribution in [2.75, 3.05) is 0 Å². The monoisotopic (exact) mass is 160 g/mol. The SMILES string of the molecule is [CH](Cc1ccccn1)CC1CC1. The van der Waals surface area contributed by atoms with Crippen molar-refractivity contribution < 1.29 is 0 Å². The molecule has 0 atom stereocenters. The quantitative estimate of drug-likeness (QED) is 0.659. The Hall–Kier alpha value is -0.850. The molecule has 0 amide bonds. The number of pyridine rings is 1. The zero-order chi connectivity index (χ0) is 8.23. The summed E-state index contributed by atoms with van der Waals surface area (Å²) in [6, 6.07) is 6.10. The Labute approximate surface area is 73.8 Å². The first-order valence-corrected chi connectivity index (χ1v) is 4.67. The first-order chi connectivity index (χ1) is 5.95. The van der Waals surface area contributed by atoms with Gasteiger partial charge in [-0.05, 0) is 37.3 Å². The molecule has 1 aromatic heterocycles. The summed E-state index contributed by atoms with van der Waals surface area (Å²) in [6.07, 6.45) is 9.44. The summed E-state index contributed by atoms with van der Waals surface area (Å²) in [5.41, 5.74) is 1.19. The van der Waals surface area contributed by atoms with E-state index in [9.17, 15) is 0 Å². The lowest BCUT2D eigenvalue weighted by atomic mass is 10.1. The van der Waals surface area contributed by atoms with Gasteiger partial charge in [-0.1, -0.05) is 18.9 Å². The molecule has 0 aromatic carbocycles. The van der Waals surface area contributed by atoms with E-state index in [0.29, 0.717) is 0 Å². The maximum atomic E-state index is 4.26.